The van der Waals surface area contributed by atoms with Crippen LogP contribution in [0.5, 0.6) is 0 Å². The van der Waals surface area contributed by atoms with Gasteiger partial charge in [0.2, 0.25) is 0 Å². The zero-order chi connectivity index (χ0) is 16.8. The predicted octanol–water partition coefficient (Wildman–Crippen LogP) is 3.55. The third-order valence-electron chi connectivity index (χ3n) is 2.04. The molecule has 6 N–H and O–H groups in total. The predicted molar refractivity (Wildman–Crippen MR) is 124 cm³/mol. The van der Waals surface area contributed by atoms with E-state index in [0.29, 0.717) is 8.64 Å². The Morgan fingerprint density at radius 3 is 1.32 bits per heavy atom. The lowest BCUT2D eigenvalue weighted by Crippen LogP contribution is -2.20. The molecule has 0 radical (unpaired) electrons. The van der Waals surface area contributed by atoms with E-state index < -0.39 is 0 Å². The summed E-state index contributed by atoms with van der Waals surface area (Å²) in [5.41, 5.74) is 10.7. The molecular weight excluding hydrogens is 433 g/mol. The maximum absolute atomic E-state index is 5.37. The highest BCUT2D eigenvalue weighted by Crippen LogP contribution is 2.22. The third-order valence-corrected chi connectivity index (χ3v) is 8.26. The van der Waals surface area contributed by atoms with Gasteiger partial charge in [0.1, 0.15) is 17.3 Å². The first-order valence-corrected chi connectivity index (χ1v) is 12.2. The Morgan fingerprint density at radius 1 is 0.636 bits per heavy atom. The zero-order valence-corrected chi connectivity index (χ0v) is 18.2. The van der Waals surface area contributed by atoms with Crippen molar-refractivity contribution in [2.75, 3.05) is 13.1 Å². The molecule has 22 heavy (non-hydrogen) atoms. The summed E-state index contributed by atoms with van der Waals surface area (Å²) in [7, 11) is 5.39. The highest BCUT2D eigenvalue weighted by atomic mass is 33.1. The minimum absolute atomic E-state index is 0.393. The number of nitrogens with two attached hydrogens (primary N) is 2. The van der Waals surface area contributed by atoms with Crippen molar-refractivity contribution in [2.45, 2.75) is 25.7 Å². The van der Waals surface area contributed by atoms with Crippen LogP contribution in [0.3, 0.4) is 0 Å². The van der Waals surface area contributed by atoms with Gasteiger partial charge in [0.15, 0.2) is 0 Å². The molecule has 0 amide bonds. The fourth-order valence-corrected chi connectivity index (χ4v) is 4.57. The van der Waals surface area contributed by atoms with Crippen molar-refractivity contribution in [1.29, 1.82) is 0 Å². The zero-order valence-electron chi connectivity index (χ0n) is 11.7. The van der Waals surface area contributed by atoms with Crippen molar-refractivity contribution in [3.63, 3.8) is 0 Å². The Labute approximate surface area is 169 Å². The first-order valence-electron chi connectivity index (χ1n) is 6.25. The van der Waals surface area contributed by atoms with Crippen LogP contribution in [0.2, 0.25) is 0 Å². The molecule has 0 aliphatic rings. The number of rotatable bonds is 7. The molecule has 0 aromatic carbocycles. The van der Waals surface area contributed by atoms with E-state index in [1.807, 2.05) is 0 Å². The monoisotopic (exact) mass is 450 g/mol. The van der Waals surface area contributed by atoms with Gasteiger partial charge in [-0.05, 0) is 56.0 Å². The average Bonchev–Trinajstić information content (AvgIpc) is 2.45. The van der Waals surface area contributed by atoms with E-state index in [2.05, 4.69) is 10.6 Å². The van der Waals surface area contributed by atoms with Crippen LogP contribution in [0.15, 0.2) is 0 Å². The smallest absolute Gasteiger partial charge is 0.144 e. The highest BCUT2D eigenvalue weighted by molar-refractivity contribution is 8.90. The summed E-state index contributed by atoms with van der Waals surface area (Å²) in [6.45, 7) is 1.74. The van der Waals surface area contributed by atoms with Gasteiger partial charge in [-0.15, -0.1) is 0 Å². The Hall–Kier alpha value is 0.960. The molecule has 0 unspecified atom stereocenters. The van der Waals surface area contributed by atoms with Crippen molar-refractivity contribution in [3.8, 4) is 0 Å². The van der Waals surface area contributed by atoms with Gasteiger partial charge in [-0.3, -0.25) is 0 Å². The number of nitrogens with one attached hydrogen (secondary N) is 2. The van der Waals surface area contributed by atoms with Gasteiger partial charge in [0.05, 0.1) is 0 Å². The molecule has 0 bridgehead atoms. The Kier molecular flexibility index (Phi) is 16.2. The summed E-state index contributed by atoms with van der Waals surface area (Å²) in [6, 6.07) is 0. The maximum atomic E-state index is 5.37. The quantitative estimate of drug-likeness (QED) is 0.260. The summed E-state index contributed by atoms with van der Waals surface area (Å²) in [4.78, 5) is 0. The first-order chi connectivity index (χ1) is 10.4. The van der Waals surface area contributed by atoms with Crippen LogP contribution in [0.1, 0.15) is 25.7 Å². The largest absolute Gasteiger partial charge is 0.384 e. The fraction of sp³-hybridized carbons (Fsp3) is 0.600. The molecule has 0 aromatic rings. The Bertz CT molecular complexity index is 353. The minimum atomic E-state index is 0.393. The lowest BCUT2D eigenvalue weighted by atomic mass is 10.2. The number of thiocarbonyl (C=S) groups is 4. The van der Waals surface area contributed by atoms with Gasteiger partial charge in [0.25, 0.3) is 0 Å². The minimum Gasteiger partial charge on any atom is -0.384 e. The van der Waals surface area contributed by atoms with Gasteiger partial charge in [-0.25, -0.2) is 0 Å². The molecule has 0 atom stereocenters. The van der Waals surface area contributed by atoms with E-state index in [1.165, 1.54) is 43.2 Å². The van der Waals surface area contributed by atoms with Crippen molar-refractivity contribution >= 4 is 109 Å². The molecule has 0 aromatic heterocycles. The number of unbranched alkanes of at least 4 members (excludes halogenated alkanes) is 3. The normalized spacial score (nSPS) is 10.0. The highest BCUT2D eigenvalue weighted by Gasteiger charge is 2.00. The summed E-state index contributed by atoms with van der Waals surface area (Å²) in [5, 5.41) is 6.33. The maximum Gasteiger partial charge on any atom is 0.144 e. The second-order valence-electron chi connectivity index (χ2n) is 3.81. The van der Waals surface area contributed by atoms with Crippen LogP contribution >= 0.6 is 92.0 Å². The van der Waals surface area contributed by atoms with Crippen LogP contribution in [-0.4, -0.2) is 30.4 Å². The Morgan fingerprint density at radius 2 is 1.00 bits per heavy atom. The molecule has 0 heterocycles. The van der Waals surface area contributed by atoms with Gasteiger partial charge in [-0.2, -0.15) is 0 Å². The topological polar surface area (TPSA) is 76.1 Å². The standard InChI is InChI=1S/C10H18N4S8/c11-7(15)19-21-9(17)13-5-3-1-2-4-6-14-10(18)22-20-8(12)16/h1-6H2,(H2,11,15)(H2,12,16)(H,13,17)(H,14,18). The van der Waals surface area contributed by atoms with E-state index >= 15 is 0 Å². The van der Waals surface area contributed by atoms with E-state index in [-0.39, 0.29) is 0 Å². The van der Waals surface area contributed by atoms with Crippen molar-refractivity contribution in [3.05, 3.63) is 0 Å². The van der Waals surface area contributed by atoms with Crippen LogP contribution < -0.4 is 22.1 Å². The summed E-state index contributed by atoms with van der Waals surface area (Å²) >= 11 is 19.8. The third kappa shape index (κ3) is 17.3. The number of hydrogen-bond acceptors (Lipinski definition) is 8. The van der Waals surface area contributed by atoms with Crippen molar-refractivity contribution in [2.24, 2.45) is 11.5 Å². The molecule has 0 spiro atoms. The van der Waals surface area contributed by atoms with Crippen molar-refractivity contribution in [1.82, 2.24) is 10.6 Å². The van der Waals surface area contributed by atoms with Crippen molar-refractivity contribution < 1.29 is 0 Å². The van der Waals surface area contributed by atoms with Crippen LogP contribution in [-0.2, 0) is 0 Å². The molecule has 0 saturated carbocycles. The molecule has 0 aliphatic carbocycles. The van der Waals surface area contributed by atoms with E-state index in [4.69, 9.17) is 60.3 Å². The molecule has 4 nitrogen and oxygen atoms in total. The van der Waals surface area contributed by atoms with Gasteiger partial charge < -0.3 is 22.1 Å². The van der Waals surface area contributed by atoms with Crippen LogP contribution in [0.4, 0.5) is 0 Å². The second kappa shape index (κ2) is 15.5. The average molecular weight is 451 g/mol. The molecular formula is C10H18N4S8. The molecule has 0 aliphatic heterocycles. The second-order valence-corrected chi connectivity index (χ2v) is 10.9. The SMILES string of the molecule is NC(=S)SSC(=S)NCCCCCCNC(=S)SSC(N)=S. The number of hydrogen-bond donors (Lipinski definition) is 4. The Balaban J connectivity index is 3.33. The molecule has 0 saturated heterocycles. The fourth-order valence-electron chi connectivity index (χ4n) is 1.20. The van der Waals surface area contributed by atoms with Crippen LogP contribution in [0.25, 0.3) is 0 Å². The molecule has 126 valence electrons. The molecule has 0 fully saturated rings. The van der Waals surface area contributed by atoms with E-state index in [1.54, 1.807) is 0 Å². The molecule has 12 heteroatoms. The molecule has 0 rings (SSSR count). The summed E-state index contributed by atoms with van der Waals surface area (Å²) in [5.74, 6) is 0. The van der Waals surface area contributed by atoms with Gasteiger partial charge >= 0.3 is 0 Å². The van der Waals surface area contributed by atoms with Crippen LogP contribution in [0, 0.1) is 0 Å². The lowest BCUT2D eigenvalue weighted by molar-refractivity contribution is 0.628. The van der Waals surface area contributed by atoms with Gasteiger partial charge in [-0.1, -0.05) is 61.7 Å². The first kappa shape index (κ1) is 23.0. The summed E-state index contributed by atoms with van der Waals surface area (Å²) in [6.07, 6.45) is 4.45. The van der Waals surface area contributed by atoms with E-state index in [0.717, 1.165) is 47.4 Å². The lowest BCUT2D eigenvalue weighted by Gasteiger charge is -2.07. The van der Waals surface area contributed by atoms with E-state index in [9.17, 15) is 0 Å². The summed E-state index contributed by atoms with van der Waals surface area (Å²) < 4.78 is 2.23. The van der Waals surface area contributed by atoms with Gasteiger partial charge in [0, 0.05) is 13.1 Å².